The highest BCUT2D eigenvalue weighted by molar-refractivity contribution is 6.00. The van der Waals surface area contributed by atoms with Crippen LogP contribution in [0.2, 0.25) is 0 Å². The van der Waals surface area contributed by atoms with Gasteiger partial charge in [0.2, 0.25) is 0 Å². The number of hydrogen-bond acceptors (Lipinski definition) is 2. The van der Waals surface area contributed by atoms with Gasteiger partial charge in [-0.05, 0) is 45.7 Å². The van der Waals surface area contributed by atoms with Crippen LogP contribution < -0.4 is 10.6 Å². The first-order chi connectivity index (χ1) is 9.04. The SMILES string of the molecule is CCNc1ccc(C)cc1C(=O)NC1(C)CCCC1. The van der Waals surface area contributed by atoms with Crippen LogP contribution in [0.4, 0.5) is 5.69 Å². The Bertz CT molecular complexity index is 462. The highest BCUT2D eigenvalue weighted by Crippen LogP contribution is 2.29. The molecular weight excluding hydrogens is 236 g/mol. The average Bonchev–Trinajstić information content (AvgIpc) is 2.78. The van der Waals surface area contributed by atoms with E-state index >= 15 is 0 Å². The van der Waals surface area contributed by atoms with Crippen molar-refractivity contribution >= 4 is 11.6 Å². The van der Waals surface area contributed by atoms with Gasteiger partial charge in [-0.2, -0.15) is 0 Å². The molecule has 0 aromatic heterocycles. The molecule has 0 bridgehead atoms. The number of aryl methyl sites for hydroxylation is 1. The average molecular weight is 260 g/mol. The number of amides is 1. The van der Waals surface area contributed by atoms with E-state index in [1.54, 1.807) is 0 Å². The third kappa shape index (κ3) is 3.28. The third-order valence-electron chi connectivity index (χ3n) is 3.91. The second-order valence-electron chi connectivity index (χ2n) is 5.80. The maximum Gasteiger partial charge on any atom is 0.253 e. The van der Waals surface area contributed by atoms with Gasteiger partial charge in [-0.3, -0.25) is 4.79 Å². The Balaban J connectivity index is 2.19. The topological polar surface area (TPSA) is 41.1 Å². The summed E-state index contributed by atoms with van der Waals surface area (Å²) in [7, 11) is 0. The lowest BCUT2D eigenvalue weighted by atomic mass is 9.99. The molecule has 104 valence electrons. The molecule has 3 nitrogen and oxygen atoms in total. The number of benzene rings is 1. The lowest BCUT2D eigenvalue weighted by Crippen LogP contribution is -2.43. The molecule has 3 heteroatoms. The van der Waals surface area contributed by atoms with Crippen molar-refractivity contribution < 1.29 is 4.79 Å². The number of carbonyl (C=O) groups excluding carboxylic acids is 1. The molecule has 2 rings (SSSR count). The first kappa shape index (κ1) is 13.9. The number of rotatable bonds is 4. The minimum atomic E-state index is -0.0235. The first-order valence-corrected chi connectivity index (χ1v) is 7.21. The summed E-state index contributed by atoms with van der Waals surface area (Å²) in [4.78, 5) is 12.5. The number of carbonyl (C=O) groups is 1. The van der Waals surface area contributed by atoms with Crippen LogP contribution in [0.5, 0.6) is 0 Å². The van der Waals surface area contributed by atoms with E-state index in [0.29, 0.717) is 0 Å². The normalized spacial score (nSPS) is 17.2. The van der Waals surface area contributed by atoms with E-state index in [9.17, 15) is 4.79 Å². The van der Waals surface area contributed by atoms with Crippen LogP contribution in [-0.4, -0.2) is 18.0 Å². The number of nitrogens with one attached hydrogen (secondary N) is 2. The molecule has 1 aromatic rings. The van der Waals surface area contributed by atoms with Crippen LogP contribution in [0.15, 0.2) is 18.2 Å². The maximum atomic E-state index is 12.5. The highest BCUT2D eigenvalue weighted by Gasteiger charge is 2.30. The fourth-order valence-electron chi connectivity index (χ4n) is 2.81. The van der Waals surface area contributed by atoms with Crippen molar-refractivity contribution in [2.24, 2.45) is 0 Å². The van der Waals surface area contributed by atoms with Gasteiger partial charge in [0, 0.05) is 17.8 Å². The molecule has 1 amide bonds. The van der Waals surface area contributed by atoms with Crippen molar-refractivity contribution in [1.29, 1.82) is 0 Å². The molecule has 0 spiro atoms. The highest BCUT2D eigenvalue weighted by atomic mass is 16.1. The minimum Gasteiger partial charge on any atom is -0.385 e. The van der Waals surface area contributed by atoms with E-state index in [4.69, 9.17) is 0 Å². The molecular formula is C16H24N2O. The molecule has 1 aliphatic carbocycles. The van der Waals surface area contributed by atoms with Crippen LogP contribution in [0.3, 0.4) is 0 Å². The van der Waals surface area contributed by atoms with E-state index in [2.05, 4.69) is 17.6 Å². The molecule has 0 heterocycles. The first-order valence-electron chi connectivity index (χ1n) is 7.21. The quantitative estimate of drug-likeness (QED) is 0.870. The summed E-state index contributed by atoms with van der Waals surface area (Å²) in [6.45, 7) is 7.03. The van der Waals surface area contributed by atoms with Gasteiger partial charge in [-0.1, -0.05) is 24.5 Å². The lowest BCUT2D eigenvalue weighted by Gasteiger charge is -2.26. The Morgan fingerprint density at radius 2 is 2.00 bits per heavy atom. The zero-order valence-electron chi connectivity index (χ0n) is 12.2. The van der Waals surface area contributed by atoms with Gasteiger partial charge in [0.05, 0.1) is 5.56 Å². The Labute approximate surface area is 115 Å². The molecule has 19 heavy (non-hydrogen) atoms. The van der Waals surface area contributed by atoms with Gasteiger partial charge < -0.3 is 10.6 Å². The summed E-state index contributed by atoms with van der Waals surface area (Å²) in [6, 6.07) is 5.99. The second kappa shape index (κ2) is 5.64. The molecule has 1 aliphatic rings. The Morgan fingerprint density at radius 3 is 2.63 bits per heavy atom. The van der Waals surface area contributed by atoms with Gasteiger partial charge in [0.25, 0.3) is 5.91 Å². The smallest absolute Gasteiger partial charge is 0.253 e. The zero-order chi connectivity index (χ0) is 13.9. The lowest BCUT2D eigenvalue weighted by molar-refractivity contribution is 0.0909. The van der Waals surface area contributed by atoms with E-state index < -0.39 is 0 Å². The summed E-state index contributed by atoms with van der Waals surface area (Å²) < 4.78 is 0. The molecule has 0 radical (unpaired) electrons. The van der Waals surface area contributed by atoms with Gasteiger partial charge >= 0.3 is 0 Å². The minimum absolute atomic E-state index is 0.0235. The summed E-state index contributed by atoms with van der Waals surface area (Å²) in [6.07, 6.45) is 4.59. The van der Waals surface area contributed by atoms with Gasteiger partial charge in [-0.15, -0.1) is 0 Å². The van der Waals surface area contributed by atoms with E-state index in [1.165, 1.54) is 12.8 Å². The van der Waals surface area contributed by atoms with E-state index in [0.717, 1.165) is 36.2 Å². The molecule has 0 aliphatic heterocycles. The predicted molar refractivity (Wildman–Crippen MR) is 79.7 cm³/mol. The van der Waals surface area contributed by atoms with E-state index in [1.807, 2.05) is 32.0 Å². The molecule has 1 aromatic carbocycles. The van der Waals surface area contributed by atoms with Crippen LogP contribution >= 0.6 is 0 Å². The van der Waals surface area contributed by atoms with Gasteiger partial charge in [-0.25, -0.2) is 0 Å². The standard InChI is InChI=1S/C16H24N2O/c1-4-17-14-8-7-12(2)11-13(14)15(19)18-16(3)9-5-6-10-16/h7-8,11,17H,4-6,9-10H2,1-3H3,(H,18,19). The molecule has 0 atom stereocenters. The van der Waals surface area contributed by atoms with Crippen molar-refractivity contribution in [3.05, 3.63) is 29.3 Å². The van der Waals surface area contributed by atoms with Crippen LogP contribution in [0.1, 0.15) is 55.5 Å². The summed E-state index contributed by atoms with van der Waals surface area (Å²) >= 11 is 0. The fourth-order valence-corrected chi connectivity index (χ4v) is 2.81. The monoisotopic (exact) mass is 260 g/mol. The summed E-state index contributed by atoms with van der Waals surface area (Å²) in [5, 5.41) is 6.48. The van der Waals surface area contributed by atoms with Crippen molar-refractivity contribution in [1.82, 2.24) is 5.32 Å². The number of hydrogen-bond donors (Lipinski definition) is 2. The molecule has 1 saturated carbocycles. The predicted octanol–water partition coefficient (Wildman–Crippen LogP) is 3.49. The van der Waals surface area contributed by atoms with Crippen LogP contribution in [-0.2, 0) is 0 Å². The third-order valence-corrected chi connectivity index (χ3v) is 3.91. The summed E-state index contributed by atoms with van der Waals surface area (Å²) in [5.74, 6) is 0.0454. The zero-order valence-corrected chi connectivity index (χ0v) is 12.2. The van der Waals surface area contributed by atoms with Crippen LogP contribution in [0, 0.1) is 6.92 Å². The van der Waals surface area contributed by atoms with Crippen molar-refractivity contribution in [3.8, 4) is 0 Å². The molecule has 0 saturated heterocycles. The van der Waals surface area contributed by atoms with Gasteiger partial charge in [0.1, 0.15) is 0 Å². The Kier molecular flexibility index (Phi) is 4.13. The Morgan fingerprint density at radius 1 is 1.32 bits per heavy atom. The fraction of sp³-hybridized carbons (Fsp3) is 0.562. The maximum absolute atomic E-state index is 12.5. The van der Waals surface area contributed by atoms with Crippen molar-refractivity contribution in [3.63, 3.8) is 0 Å². The van der Waals surface area contributed by atoms with E-state index in [-0.39, 0.29) is 11.4 Å². The molecule has 1 fully saturated rings. The van der Waals surface area contributed by atoms with Crippen LogP contribution in [0.25, 0.3) is 0 Å². The molecule has 2 N–H and O–H groups in total. The second-order valence-corrected chi connectivity index (χ2v) is 5.80. The largest absolute Gasteiger partial charge is 0.385 e. The van der Waals surface area contributed by atoms with Gasteiger partial charge in [0.15, 0.2) is 0 Å². The molecule has 0 unspecified atom stereocenters. The Hall–Kier alpha value is -1.51. The number of anilines is 1. The van der Waals surface area contributed by atoms with Crippen molar-refractivity contribution in [2.75, 3.05) is 11.9 Å². The summed E-state index contributed by atoms with van der Waals surface area (Å²) in [5.41, 5.74) is 2.77. The van der Waals surface area contributed by atoms with Crippen molar-refractivity contribution in [2.45, 2.75) is 52.0 Å².